The van der Waals surface area contributed by atoms with Crippen LogP contribution in [-0.2, 0) is 14.8 Å². The van der Waals surface area contributed by atoms with Gasteiger partial charge in [0.25, 0.3) is 0 Å². The van der Waals surface area contributed by atoms with E-state index in [0.717, 1.165) is 0 Å². The van der Waals surface area contributed by atoms with Gasteiger partial charge in [0, 0.05) is 0 Å². The average molecular weight is 193 g/mol. The van der Waals surface area contributed by atoms with Crippen molar-refractivity contribution in [2.45, 2.75) is 25.3 Å². The van der Waals surface area contributed by atoms with Gasteiger partial charge < -0.3 is 5.11 Å². The van der Waals surface area contributed by atoms with Gasteiger partial charge in [-0.3, -0.25) is 4.79 Å². The van der Waals surface area contributed by atoms with E-state index in [0.29, 0.717) is 19.3 Å². The number of carboxylic acid groups (broad SMARTS) is 1. The molecule has 0 aromatic carbocycles. The van der Waals surface area contributed by atoms with Gasteiger partial charge >= 0.3 is 5.97 Å². The van der Waals surface area contributed by atoms with Gasteiger partial charge in [0.2, 0.25) is 10.0 Å². The van der Waals surface area contributed by atoms with E-state index in [1.165, 1.54) is 0 Å². The quantitative estimate of drug-likeness (QED) is 0.590. The van der Waals surface area contributed by atoms with Crippen LogP contribution >= 0.6 is 0 Å². The van der Waals surface area contributed by atoms with Crippen molar-refractivity contribution in [2.75, 3.05) is 5.75 Å². The van der Waals surface area contributed by atoms with E-state index >= 15 is 0 Å². The molecule has 6 heteroatoms. The fourth-order valence-corrected chi connectivity index (χ4v) is 2.50. The van der Waals surface area contributed by atoms with E-state index in [4.69, 9.17) is 5.11 Å². The van der Waals surface area contributed by atoms with Crippen LogP contribution in [0.5, 0.6) is 0 Å². The lowest BCUT2D eigenvalue weighted by atomic mass is 10.1. The molecule has 1 saturated heterocycles. The number of nitrogens with one attached hydrogen (secondary N) is 1. The molecule has 12 heavy (non-hydrogen) atoms. The number of aliphatic carboxylic acids is 1. The maximum Gasteiger partial charge on any atom is 0.321 e. The first-order chi connectivity index (χ1) is 5.51. The van der Waals surface area contributed by atoms with Crippen LogP contribution in [0.25, 0.3) is 0 Å². The minimum Gasteiger partial charge on any atom is -0.480 e. The Bertz CT molecular complexity index is 271. The Labute approximate surface area is 70.8 Å². The normalized spacial score (nSPS) is 29.2. The van der Waals surface area contributed by atoms with Gasteiger partial charge in [0.15, 0.2) is 0 Å². The predicted molar refractivity (Wildman–Crippen MR) is 42.2 cm³/mol. The Hall–Kier alpha value is -0.620. The lowest BCUT2D eigenvalue weighted by molar-refractivity contribution is -0.139. The van der Waals surface area contributed by atoms with Gasteiger partial charge in [0.05, 0.1) is 5.75 Å². The van der Waals surface area contributed by atoms with Crippen LogP contribution in [0.2, 0.25) is 0 Å². The third-order valence-electron chi connectivity index (χ3n) is 1.78. The van der Waals surface area contributed by atoms with E-state index in [2.05, 4.69) is 4.72 Å². The molecular weight excluding hydrogens is 182 g/mol. The molecule has 0 unspecified atom stereocenters. The van der Waals surface area contributed by atoms with Crippen molar-refractivity contribution >= 4 is 16.0 Å². The molecule has 2 N–H and O–H groups in total. The highest BCUT2D eigenvalue weighted by atomic mass is 32.2. The lowest BCUT2D eigenvalue weighted by Gasteiger charge is -2.08. The molecule has 0 spiro atoms. The van der Waals surface area contributed by atoms with Crippen LogP contribution in [0.1, 0.15) is 19.3 Å². The lowest BCUT2D eigenvalue weighted by Crippen LogP contribution is -2.39. The number of sulfonamides is 1. The van der Waals surface area contributed by atoms with Crippen molar-refractivity contribution in [3.05, 3.63) is 0 Å². The van der Waals surface area contributed by atoms with E-state index in [9.17, 15) is 13.2 Å². The second-order valence-corrected chi connectivity index (χ2v) is 4.70. The first-order valence-corrected chi connectivity index (χ1v) is 5.39. The minimum atomic E-state index is -3.34. The Morgan fingerprint density at radius 1 is 1.42 bits per heavy atom. The van der Waals surface area contributed by atoms with E-state index in [1.54, 1.807) is 0 Å². The highest BCUT2D eigenvalue weighted by Gasteiger charge is 2.26. The number of rotatable bonds is 1. The Morgan fingerprint density at radius 2 is 2.08 bits per heavy atom. The fraction of sp³-hybridized carbons (Fsp3) is 0.833. The topological polar surface area (TPSA) is 83.5 Å². The molecule has 0 aliphatic carbocycles. The van der Waals surface area contributed by atoms with Crippen molar-refractivity contribution in [2.24, 2.45) is 0 Å². The van der Waals surface area contributed by atoms with Gasteiger partial charge in [-0.15, -0.1) is 0 Å². The Morgan fingerprint density at radius 3 is 2.67 bits per heavy atom. The molecule has 0 radical (unpaired) electrons. The predicted octanol–water partition coefficient (Wildman–Crippen LogP) is -0.457. The van der Waals surface area contributed by atoms with Crippen LogP contribution in [0.3, 0.4) is 0 Å². The summed E-state index contributed by atoms with van der Waals surface area (Å²) in [5.74, 6) is -1.06. The smallest absolute Gasteiger partial charge is 0.321 e. The van der Waals surface area contributed by atoms with Gasteiger partial charge in [-0.05, 0) is 12.8 Å². The van der Waals surface area contributed by atoms with Crippen LogP contribution < -0.4 is 4.72 Å². The van der Waals surface area contributed by atoms with Crippen molar-refractivity contribution in [1.82, 2.24) is 4.72 Å². The molecule has 0 saturated carbocycles. The molecule has 1 atom stereocenters. The summed E-state index contributed by atoms with van der Waals surface area (Å²) in [6, 6.07) is -0.933. The van der Waals surface area contributed by atoms with Gasteiger partial charge in [-0.2, -0.15) is 0 Å². The summed E-state index contributed by atoms with van der Waals surface area (Å²) in [5.41, 5.74) is 0. The minimum absolute atomic E-state index is 0.0385. The maximum atomic E-state index is 11.0. The summed E-state index contributed by atoms with van der Waals surface area (Å²) in [5, 5.41) is 8.57. The molecule has 1 aliphatic heterocycles. The molecule has 1 heterocycles. The van der Waals surface area contributed by atoms with Crippen molar-refractivity contribution in [1.29, 1.82) is 0 Å². The summed E-state index contributed by atoms with van der Waals surface area (Å²) in [6.07, 6.45) is 1.57. The first-order valence-electron chi connectivity index (χ1n) is 3.74. The Balaban J connectivity index is 2.73. The van der Waals surface area contributed by atoms with Crippen molar-refractivity contribution < 1.29 is 18.3 Å². The zero-order chi connectivity index (χ0) is 9.19. The van der Waals surface area contributed by atoms with E-state index in [-0.39, 0.29) is 5.75 Å². The van der Waals surface area contributed by atoms with Crippen molar-refractivity contribution in [3.63, 3.8) is 0 Å². The van der Waals surface area contributed by atoms with Gasteiger partial charge in [-0.25, -0.2) is 13.1 Å². The summed E-state index contributed by atoms with van der Waals surface area (Å²) >= 11 is 0. The van der Waals surface area contributed by atoms with Crippen LogP contribution in [0, 0.1) is 0 Å². The summed E-state index contributed by atoms with van der Waals surface area (Å²) in [7, 11) is -3.34. The highest BCUT2D eigenvalue weighted by molar-refractivity contribution is 7.89. The number of carbonyl (C=O) groups is 1. The second-order valence-electron chi connectivity index (χ2n) is 2.82. The van der Waals surface area contributed by atoms with E-state index in [1.807, 2.05) is 0 Å². The van der Waals surface area contributed by atoms with Gasteiger partial charge in [-0.1, -0.05) is 6.42 Å². The molecule has 0 bridgehead atoms. The fourth-order valence-electron chi connectivity index (χ4n) is 1.15. The monoisotopic (exact) mass is 193 g/mol. The summed E-state index contributed by atoms with van der Waals surface area (Å²) < 4.78 is 24.1. The summed E-state index contributed by atoms with van der Waals surface area (Å²) in [4.78, 5) is 10.5. The molecule has 1 fully saturated rings. The molecule has 5 nitrogen and oxygen atoms in total. The molecule has 0 amide bonds. The second kappa shape index (κ2) is 3.40. The number of hydrogen-bond acceptors (Lipinski definition) is 3. The Kier molecular flexibility index (Phi) is 2.69. The molecule has 1 aliphatic rings. The SMILES string of the molecule is O=C(O)[C@H]1CCCCS(=O)(=O)N1. The first kappa shape index (κ1) is 9.47. The molecular formula is C6H11NO4S. The van der Waals surface area contributed by atoms with E-state index < -0.39 is 22.0 Å². The largest absolute Gasteiger partial charge is 0.480 e. The third-order valence-corrected chi connectivity index (χ3v) is 3.25. The molecule has 0 aromatic heterocycles. The molecule has 1 rings (SSSR count). The highest BCUT2D eigenvalue weighted by Crippen LogP contribution is 2.09. The maximum absolute atomic E-state index is 11.0. The zero-order valence-corrected chi connectivity index (χ0v) is 7.30. The zero-order valence-electron chi connectivity index (χ0n) is 6.49. The van der Waals surface area contributed by atoms with Crippen molar-refractivity contribution in [3.8, 4) is 0 Å². The van der Waals surface area contributed by atoms with Crippen LogP contribution in [-0.4, -0.2) is 31.3 Å². The summed E-state index contributed by atoms with van der Waals surface area (Å²) in [6.45, 7) is 0. The van der Waals surface area contributed by atoms with Crippen LogP contribution in [0.4, 0.5) is 0 Å². The van der Waals surface area contributed by atoms with Gasteiger partial charge in [0.1, 0.15) is 6.04 Å². The van der Waals surface area contributed by atoms with Crippen LogP contribution in [0.15, 0.2) is 0 Å². The molecule has 0 aromatic rings. The third kappa shape index (κ3) is 2.46. The number of carboxylic acids is 1. The average Bonchev–Trinajstić information content (AvgIpc) is 2.10. The number of hydrogen-bond donors (Lipinski definition) is 2. The standard InChI is InChI=1S/C6H11NO4S/c8-6(9)5-3-1-2-4-12(10,11)7-5/h5,7H,1-4H2,(H,8,9)/t5-/m1/s1. The molecule has 70 valence electrons.